The fourth-order valence-electron chi connectivity index (χ4n) is 4.78. The molecule has 2 saturated heterocycles. The number of benzene rings is 2. The van der Waals surface area contributed by atoms with E-state index in [1.807, 2.05) is 31.2 Å². The molecule has 2 aliphatic heterocycles. The smallest absolute Gasteiger partial charge is 0.334 e. The minimum atomic E-state index is -1.26. The molecule has 0 aliphatic carbocycles. The number of fused-ring (bicyclic) bond motifs is 1. The van der Waals surface area contributed by atoms with E-state index in [0.717, 1.165) is 11.1 Å². The Bertz CT molecular complexity index is 1210. The van der Waals surface area contributed by atoms with Crippen LogP contribution in [0.4, 0.5) is 9.18 Å². The lowest BCUT2D eigenvalue weighted by Gasteiger charge is -2.54. The molecule has 0 saturated carbocycles. The molecule has 4 rings (SSSR count). The molecule has 0 radical (unpaired) electrons. The van der Waals surface area contributed by atoms with E-state index in [2.05, 4.69) is 5.32 Å². The Morgan fingerprint density at radius 2 is 1.74 bits per heavy atom. The van der Waals surface area contributed by atoms with Gasteiger partial charge in [0.05, 0.1) is 32.7 Å². The predicted molar refractivity (Wildman–Crippen MR) is 137 cm³/mol. The molecule has 12 heteroatoms. The van der Waals surface area contributed by atoms with Crippen LogP contribution < -0.4 is 5.32 Å². The summed E-state index contributed by atoms with van der Waals surface area (Å²) in [6.45, 7) is 2.57. The summed E-state index contributed by atoms with van der Waals surface area (Å²) in [7, 11) is 1.57. The Balaban J connectivity index is 1.48. The first-order valence-corrected chi connectivity index (χ1v) is 12.6. The molecule has 0 bridgehead atoms. The second-order valence-electron chi connectivity index (χ2n) is 9.66. The molecule has 2 N–H and O–H groups in total. The van der Waals surface area contributed by atoms with Crippen molar-refractivity contribution in [3.05, 3.63) is 71.0 Å². The Kier molecular flexibility index (Phi) is 8.77. The van der Waals surface area contributed by atoms with Gasteiger partial charge in [-0.1, -0.05) is 42.0 Å². The summed E-state index contributed by atoms with van der Waals surface area (Å²) in [5.41, 5.74) is 2.78. The van der Waals surface area contributed by atoms with Gasteiger partial charge in [0.25, 0.3) is 0 Å². The van der Waals surface area contributed by atoms with Gasteiger partial charge in [-0.2, -0.15) is 0 Å². The summed E-state index contributed by atoms with van der Waals surface area (Å²) in [6, 6.07) is 11.7. The highest BCUT2D eigenvalue weighted by Crippen LogP contribution is 2.27. The van der Waals surface area contributed by atoms with E-state index in [9.17, 15) is 28.7 Å². The van der Waals surface area contributed by atoms with E-state index in [1.54, 1.807) is 19.2 Å². The van der Waals surface area contributed by atoms with Crippen molar-refractivity contribution in [1.82, 2.24) is 25.1 Å². The van der Waals surface area contributed by atoms with E-state index in [1.165, 1.54) is 32.0 Å². The lowest BCUT2D eigenvalue weighted by atomic mass is 10.0. The summed E-state index contributed by atoms with van der Waals surface area (Å²) >= 11 is 0. The molecule has 0 unspecified atom stereocenters. The van der Waals surface area contributed by atoms with Crippen LogP contribution >= 0.6 is 0 Å². The largest absolute Gasteiger partial charge is 0.481 e. The van der Waals surface area contributed by atoms with E-state index in [4.69, 9.17) is 4.74 Å². The average molecular weight is 542 g/mol. The molecule has 208 valence electrons. The Morgan fingerprint density at radius 1 is 1.08 bits per heavy atom. The number of carboxylic acid groups (broad SMARTS) is 1. The van der Waals surface area contributed by atoms with Crippen LogP contribution in [0.5, 0.6) is 0 Å². The van der Waals surface area contributed by atoms with E-state index < -0.39 is 48.3 Å². The van der Waals surface area contributed by atoms with Gasteiger partial charge in [-0.25, -0.2) is 19.2 Å². The van der Waals surface area contributed by atoms with Gasteiger partial charge in [-0.05, 0) is 30.2 Å². The second-order valence-corrected chi connectivity index (χ2v) is 9.66. The zero-order valence-corrected chi connectivity index (χ0v) is 21.9. The van der Waals surface area contributed by atoms with Crippen LogP contribution in [0, 0.1) is 12.7 Å². The van der Waals surface area contributed by atoms with Crippen molar-refractivity contribution in [1.29, 1.82) is 0 Å². The highest BCUT2D eigenvalue weighted by molar-refractivity contribution is 5.93. The molecular formula is C27H32FN5O6. The van der Waals surface area contributed by atoms with Gasteiger partial charge in [0.15, 0.2) is 0 Å². The van der Waals surface area contributed by atoms with Crippen LogP contribution in [-0.2, 0) is 32.3 Å². The Morgan fingerprint density at radius 3 is 2.41 bits per heavy atom. The number of nitrogens with zero attached hydrogens (tertiary/aromatic N) is 4. The number of urea groups is 1. The van der Waals surface area contributed by atoms with Crippen molar-refractivity contribution in [3.8, 4) is 0 Å². The van der Waals surface area contributed by atoms with E-state index in [-0.39, 0.29) is 32.8 Å². The van der Waals surface area contributed by atoms with Crippen molar-refractivity contribution < 1.29 is 33.4 Å². The van der Waals surface area contributed by atoms with Gasteiger partial charge in [-0.3, -0.25) is 14.4 Å². The highest BCUT2D eigenvalue weighted by atomic mass is 19.1. The molecule has 2 heterocycles. The topological polar surface area (TPSA) is 123 Å². The molecule has 2 aliphatic rings. The quantitative estimate of drug-likeness (QED) is 0.462. The number of amides is 4. The number of hydrazine groups is 1. The standard InChI is InChI=1S/C27H32FN5O6/c1-18-3-5-20(6-4-18)17-39-12-11-31-15-23-32(22(26(31)37)13-25(35)36)24(34)16-30(2)33(23)27(38)29-14-19-7-9-21(28)10-8-19/h3-10,22-23H,11-17H2,1-2H3,(H,29,38)(H,35,36)/t22-,23-/m0/s1. The highest BCUT2D eigenvalue weighted by Gasteiger charge is 2.51. The number of nitrogens with one attached hydrogen (secondary N) is 1. The number of carbonyl (C=O) groups excluding carboxylic acids is 3. The molecule has 2 aromatic carbocycles. The van der Waals surface area contributed by atoms with E-state index >= 15 is 0 Å². The summed E-state index contributed by atoms with van der Waals surface area (Å²) in [4.78, 5) is 53.9. The zero-order chi connectivity index (χ0) is 28.1. The number of carboxylic acids is 1. The number of aliphatic carboxylic acids is 1. The fourth-order valence-corrected chi connectivity index (χ4v) is 4.78. The zero-order valence-electron chi connectivity index (χ0n) is 21.9. The number of likely N-dealkylation sites (N-methyl/N-ethyl adjacent to an activating group) is 1. The molecule has 4 amide bonds. The molecule has 2 atom stereocenters. The van der Waals surface area contributed by atoms with Crippen LogP contribution in [-0.4, -0.2) is 94.2 Å². The lowest BCUT2D eigenvalue weighted by Crippen LogP contribution is -2.76. The lowest BCUT2D eigenvalue weighted by molar-refractivity contribution is -0.189. The van der Waals surface area contributed by atoms with Crippen molar-refractivity contribution in [3.63, 3.8) is 0 Å². The summed E-state index contributed by atoms with van der Waals surface area (Å²) in [5, 5.41) is 15.0. The third-order valence-electron chi connectivity index (χ3n) is 6.77. The molecule has 0 aromatic heterocycles. The number of carbonyl (C=O) groups is 4. The minimum absolute atomic E-state index is 0.0110. The van der Waals surface area contributed by atoms with Crippen LogP contribution in [0.15, 0.2) is 48.5 Å². The van der Waals surface area contributed by atoms with Gasteiger partial charge in [0, 0.05) is 20.1 Å². The van der Waals surface area contributed by atoms with Crippen molar-refractivity contribution in [2.24, 2.45) is 0 Å². The minimum Gasteiger partial charge on any atom is -0.481 e. The van der Waals surface area contributed by atoms with Crippen LogP contribution in [0.25, 0.3) is 0 Å². The maximum absolute atomic E-state index is 13.3. The van der Waals surface area contributed by atoms with Gasteiger partial charge in [-0.15, -0.1) is 0 Å². The monoisotopic (exact) mass is 541 g/mol. The number of rotatable bonds is 9. The predicted octanol–water partition coefficient (Wildman–Crippen LogP) is 1.56. The fraction of sp³-hybridized carbons (Fsp3) is 0.407. The number of hydrogen-bond acceptors (Lipinski definition) is 6. The second kappa shape index (κ2) is 12.2. The molecule has 39 heavy (non-hydrogen) atoms. The van der Waals surface area contributed by atoms with E-state index in [0.29, 0.717) is 12.2 Å². The van der Waals surface area contributed by atoms with Crippen LogP contribution in [0.2, 0.25) is 0 Å². The van der Waals surface area contributed by atoms with Gasteiger partial charge in [0.2, 0.25) is 11.8 Å². The van der Waals surface area contributed by atoms with Crippen molar-refractivity contribution in [2.45, 2.75) is 38.7 Å². The molecule has 2 aromatic rings. The first-order chi connectivity index (χ1) is 18.6. The van der Waals surface area contributed by atoms with Crippen LogP contribution in [0.3, 0.4) is 0 Å². The summed E-state index contributed by atoms with van der Waals surface area (Å²) < 4.78 is 19.0. The van der Waals surface area contributed by atoms with Gasteiger partial charge < -0.3 is 25.0 Å². The first-order valence-electron chi connectivity index (χ1n) is 12.6. The van der Waals surface area contributed by atoms with Crippen LogP contribution in [0.1, 0.15) is 23.1 Å². The Hall–Kier alpha value is -4.03. The SMILES string of the molecule is Cc1ccc(COCCN2C[C@H]3N(C(=O)CN(C)N3C(=O)NCc3ccc(F)cc3)[C@@H](CC(=O)O)C2=O)cc1. The number of aryl methyl sites for hydroxylation is 1. The third-order valence-corrected chi connectivity index (χ3v) is 6.77. The average Bonchev–Trinajstić information content (AvgIpc) is 2.89. The molecule has 2 fully saturated rings. The number of halogens is 1. The van der Waals surface area contributed by atoms with Gasteiger partial charge in [0.1, 0.15) is 18.0 Å². The number of piperazine rings is 1. The molecule has 0 spiro atoms. The molecular weight excluding hydrogens is 509 g/mol. The molecule has 11 nitrogen and oxygen atoms in total. The number of hydrogen-bond donors (Lipinski definition) is 2. The Labute approximate surface area is 225 Å². The maximum atomic E-state index is 13.3. The number of ether oxygens (including phenoxy) is 1. The third kappa shape index (κ3) is 6.70. The van der Waals surface area contributed by atoms with Gasteiger partial charge >= 0.3 is 12.0 Å². The van der Waals surface area contributed by atoms with Crippen molar-refractivity contribution in [2.75, 3.05) is 33.3 Å². The van der Waals surface area contributed by atoms with Crippen molar-refractivity contribution >= 4 is 23.8 Å². The maximum Gasteiger partial charge on any atom is 0.334 e. The normalized spacial score (nSPS) is 19.7. The first kappa shape index (κ1) is 28.0. The summed E-state index contributed by atoms with van der Waals surface area (Å²) in [5.74, 6) is -2.57. The summed E-state index contributed by atoms with van der Waals surface area (Å²) in [6.07, 6.45) is -1.50.